The molecular formula is C23H31ClO3. The lowest BCUT2D eigenvalue weighted by molar-refractivity contribution is 0.0885. The molecule has 0 heterocycles. The summed E-state index contributed by atoms with van der Waals surface area (Å²) in [7, 11) is 0. The van der Waals surface area contributed by atoms with Gasteiger partial charge in [0.15, 0.2) is 0 Å². The van der Waals surface area contributed by atoms with Gasteiger partial charge in [0, 0.05) is 11.3 Å². The van der Waals surface area contributed by atoms with Gasteiger partial charge in [-0.25, -0.2) is 0 Å². The van der Waals surface area contributed by atoms with E-state index >= 15 is 0 Å². The lowest BCUT2D eigenvalue weighted by Gasteiger charge is -2.29. The highest BCUT2D eigenvalue weighted by Crippen LogP contribution is 2.34. The molecule has 2 aromatic carbocycles. The average molecular weight is 391 g/mol. The summed E-state index contributed by atoms with van der Waals surface area (Å²) in [5.74, 6) is 0.271. The third-order valence-electron chi connectivity index (χ3n) is 5.27. The topological polar surface area (TPSA) is 60.7 Å². The first kappa shape index (κ1) is 21.9. The van der Waals surface area contributed by atoms with Crippen LogP contribution in [0.1, 0.15) is 48.9 Å². The number of halogens is 1. The molecule has 2 unspecified atom stereocenters. The molecule has 3 N–H and O–H groups in total. The highest BCUT2D eigenvalue weighted by atomic mass is 35.5. The molecular weight excluding hydrogens is 360 g/mol. The van der Waals surface area contributed by atoms with Crippen molar-refractivity contribution in [2.75, 3.05) is 12.5 Å². The third-order valence-corrected chi connectivity index (χ3v) is 5.62. The maximum atomic E-state index is 9.69. The van der Waals surface area contributed by atoms with Gasteiger partial charge in [-0.05, 0) is 47.9 Å². The summed E-state index contributed by atoms with van der Waals surface area (Å²) in [6.45, 7) is 4.21. The van der Waals surface area contributed by atoms with Crippen molar-refractivity contribution >= 4 is 11.6 Å². The summed E-state index contributed by atoms with van der Waals surface area (Å²) >= 11 is 5.66. The van der Waals surface area contributed by atoms with E-state index < -0.39 is 12.2 Å². The summed E-state index contributed by atoms with van der Waals surface area (Å²) in [5.41, 5.74) is 4.68. The Morgan fingerprint density at radius 1 is 0.889 bits per heavy atom. The Morgan fingerprint density at radius 3 is 2.15 bits per heavy atom. The molecule has 0 saturated heterocycles. The van der Waals surface area contributed by atoms with E-state index in [9.17, 15) is 10.2 Å². The number of hydrogen-bond acceptors (Lipinski definition) is 3. The Labute approximate surface area is 167 Å². The molecule has 0 aliphatic carbocycles. The molecule has 0 bridgehead atoms. The van der Waals surface area contributed by atoms with E-state index in [-0.39, 0.29) is 17.9 Å². The first-order valence-electron chi connectivity index (χ1n) is 9.59. The minimum Gasteiger partial charge on any atom is -0.394 e. The van der Waals surface area contributed by atoms with Crippen molar-refractivity contribution in [2.45, 2.75) is 57.2 Å². The number of rotatable bonds is 10. The monoisotopic (exact) mass is 390 g/mol. The van der Waals surface area contributed by atoms with Gasteiger partial charge in [-0.15, -0.1) is 11.6 Å². The molecule has 0 aliphatic rings. The molecule has 2 atom stereocenters. The fourth-order valence-electron chi connectivity index (χ4n) is 3.42. The second-order valence-corrected chi connectivity index (χ2v) is 8.01. The molecule has 0 spiro atoms. The van der Waals surface area contributed by atoms with Crippen molar-refractivity contribution in [3.05, 3.63) is 70.8 Å². The van der Waals surface area contributed by atoms with Gasteiger partial charge in [-0.1, -0.05) is 62.4 Å². The van der Waals surface area contributed by atoms with Crippen LogP contribution in [-0.4, -0.2) is 40.0 Å². The van der Waals surface area contributed by atoms with Gasteiger partial charge in [0.05, 0.1) is 18.8 Å². The van der Waals surface area contributed by atoms with Crippen LogP contribution in [0, 0.1) is 0 Å². The quantitative estimate of drug-likeness (QED) is 0.540. The van der Waals surface area contributed by atoms with E-state index in [1.54, 1.807) is 0 Å². The summed E-state index contributed by atoms with van der Waals surface area (Å²) in [5, 5.41) is 28.4. The van der Waals surface area contributed by atoms with Crippen molar-refractivity contribution < 1.29 is 15.3 Å². The van der Waals surface area contributed by atoms with Gasteiger partial charge in [0.2, 0.25) is 0 Å². The molecule has 4 heteroatoms. The van der Waals surface area contributed by atoms with E-state index in [0.717, 1.165) is 12.8 Å². The minimum absolute atomic E-state index is 0.172. The smallest absolute Gasteiger partial charge is 0.0774 e. The second-order valence-electron chi connectivity index (χ2n) is 7.70. The van der Waals surface area contributed by atoms with Gasteiger partial charge < -0.3 is 15.3 Å². The van der Waals surface area contributed by atoms with Crippen LogP contribution < -0.4 is 0 Å². The second kappa shape index (κ2) is 10.2. The molecule has 148 valence electrons. The fraction of sp³-hybridized carbons (Fsp3) is 0.478. The highest BCUT2D eigenvalue weighted by Gasteiger charge is 2.25. The summed E-state index contributed by atoms with van der Waals surface area (Å²) in [6, 6.07) is 16.9. The Kier molecular flexibility index (Phi) is 8.30. The van der Waals surface area contributed by atoms with Crippen LogP contribution >= 0.6 is 11.6 Å². The lowest BCUT2D eigenvalue weighted by Crippen LogP contribution is -2.22. The maximum absolute atomic E-state index is 9.69. The number of aliphatic hydroxyl groups excluding tert-OH is 3. The normalized spacial score (nSPS) is 14.1. The SMILES string of the molecule is CC(C)(c1ccc(CCC(O)CCl)cc1)c1ccccc1CCC(O)CO. The standard InChI is InChI=1S/C23H31ClO3/c1-23(2,19-11-7-17(8-12-19)9-13-20(26)15-24)22-6-4-3-5-18(22)10-14-21(27)16-25/h3-8,11-12,20-21,25-27H,9-10,13-16H2,1-2H3. The average Bonchev–Trinajstić information content (AvgIpc) is 2.70. The molecule has 2 rings (SSSR count). The third kappa shape index (κ3) is 6.05. The first-order chi connectivity index (χ1) is 12.9. The van der Waals surface area contributed by atoms with Gasteiger partial charge >= 0.3 is 0 Å². The Morgan fingerprint density at radius 2 is 1.52 bits per heavy atom. The first-order valence-corrected chi connectivity index (χ1v) is 10.1. The maximum Gasteiger partial charge on any atom is 0.0774 e. The van der Waals surface area contributed by atoms with E-state index in [1.807, 2.05) is 12.1 Å². The van der Waals surface area contributed by atoms with Gasteiger partial charge in [0.1, 0.15) is 0 Å². The van der Waals surface area contributed by atoms with Crippen LogP contribution in [-0.2, 0) is 18.3 Å². The lowest BCUT2D eigenvalue weighted by atomic mass is 9.75. The van der Waals surface area contributed by atoms with Crippen molar-refractivity contribution in [3.63, 3.8) is 0 Å². The van der Waals surface area contributed by atoms with Crippen molar-refractivity contribution in [2.24, 2.45) is 0 Å². The molecule has 0 fully saturated rings. The molecule has 0 saturated carbocycles. The number of alkyl halides is 1. The van der Waals surface area contributed by atoms with Crippen molar-refractivity contribution in [1.82, 2.24) is 0 Å². The van der Waals surface area contributed by atoms with Crippen LogP contribution in [0.25, 0.3) is 0 Å². The number of hydrogen-bond donors (Lipinski definition) is 3. The number of aryl methyl sites for hydroxylation is 2. The Balaban J connectivity index is 2.18. The van der Waals surface area contributed by atoms with Crippen molar-refractivity contribution in [3.8, 4) is 0 Å². The highest BCUT2D eigenvalue weighted by molar-refractivity contribution is 6.18. The largest absolute Gasteiger partial charge is 0.394 e. The molecule has 0 aliphatic heterocycles. The van der Waals surface area contributed by atoms with Crippen molar-refractivity contribution in [1.29, 1.82) is 0 Å². The summed E-state index contributed by atoms with van der Waals surface area (Å²) in [4.78, 5) is 0. The molecule has 27 heavy (non-hydrogen) atoms. The Bertz CT molecular complexity index is 697. The van der Waals surface area contributed by atoms with E-state index in [4.69, 9.17) is 16.7 Å². The van der Waals surface area contributed by atoms with Gasteiger partial charge in [-0.2, -0.15) is 0 Å². The van der Waals surface area contributed by atoms with Crippen LogP contribution in [0.15, 0.2) is 48.5 Å². The van der Waals surface area contributed by atoms with Gasteiger partial charge in [-0.3, -0.25) is 0 Å². The van der Waals surface area contributed by atoms with Gasteiger partial charge in [0.25, 0.3) is 0 Å². The zero-order chi connectivity index (χ0) is 19.9. The summed E-state index contributed by atoms with van der Waals surface area (Å²) in [6.07, 6.45) is 1.63. The zero-order valence-electron chi connectivity index (χ0n) is 16.2. The molecule has 0 amide bonds. The van der Waals surface area contributed by atoms with Crippen LogP contribution in [0.3, 0.4) is 0 Å². The number of aliphatic hydroxyl groups is 3. The molecule has 2 aromatic rings. The number of benzene rings is 2. The van der Waals surface area contributed by atoms with E-state index in [0.29, 0.717) is 12.8 Å². The molecule has 0 aromatic heterocycles. The summed E-state index contributed by atoms with van der Waals surface area (Å²) < 4.78 is 0. The van der Waals surface area contributed by atoms with Crippen LogP contribution in [0.5, 0.6) is 0 Å². The minimum atomic E-state index is -0.677. The molecule has 0 radical (unpaired) electrons. The molecule has 3 nitrogen and oxygen atoms in total. The van der Waals surface area contributed by atoms with E-state index in [1.165, 1.54) is 22.3 Å². The zero-order valence-corrected chi connectivity index (χ0v) is 17.0. The van der Waals surface area contributed by atoms with E-state index in [2.05, 4.69) is 50.2 Å². The van der Waals surface area contributed by atoms with Crippen LogP contribution in [0.4, 0.5) is 0 Å². The van der Waals surface area contributed by atoms with Crippen LogP contribution in [0.2, 0.25) is 0 Å². The predicted molar refractivity (Wildman–Crippen MR) is 111 cm³/mol. The predicted octanol–water partition coefficient (Wildman–Crippen LogP) is 3.83. The fourth-order valence-corrected chi connectivity index (χ4v) is 3.57. The Hall–Kier alpha value is -1.39.